The van der Waals surface area contributed by atoms with Gasteiger partial charge in [0.15, 0.2) is 5.13 Å². The van der Waals surface area contributed by atoms with Crippen LogP contribution >= 0.6 is 11.3 Å². The summed E-state index contributed by atoms with van der Waals surface area (Å²) in [5, 5.41) is 12.9. The summed E-state index contributed by atoms with van der Waals surface area (Å²) >= 11 is 1.41. The van der Waals surface area contributed by atoms with Gasteiger partial charge >= 0.3 is 5.97 Å². The second-order valence-corrected chi connectivity index (χ2v) is 8.83. The summed E-state index contributed by atoms with van der Waals surface area (Å²) in [5.41, 5.74) is 5.16. The van der Waals surface area contributed by atoms with E-state index in [-0.39, 0.29) is 5.91 Å². The number of hydrogen-bond acceptors (Lipinski definition) is 4. The highest BCUT2D eigenvalue weighted by Gasteiger charge is 2.37. The van der Waals surface area contributed by atoms with E-state index in [2.05, 4.69) is 16.9 Å². The van der Waals surface area contributed by atoms with E-state index in [1.807, 2.05) is 51.1 Å². The van der Waals surface area contributed by atoms with Crippen LogP contribution in [0.1, 0.15) is 37.1 Å². The summed E-state index contributed by atoms with van der Waals surface area (Å²) in [6, 6.07) is 8.13. The number of allylic oxidation sites excluding steroid dienone is 3. The van der Waals surface area contributed by atoms with Crippen LogP contribution in [0, 0.1) is 18.8 Å². The molecule has 2 aromatic rings. The van der Waals surface area contributed by atoms with Crippen LogP contribution in [-0.2, 0) is 16.0 Å². The molecule has 1 aromatic carbocycles. The zero-order chi connectivity index (χ0) is 21.1. The Morgan fingerprint density at radius 3 is 2.38 bits per heavy atom. The molecule has 0 bridgehead atoms. The van der Waals surface area contributed by atoms with Gasteiger partial charge in [0.1, 0.15) is 0 Å². The standard InChI is InChI=1S/C23H26N2O3S/c1-5-6-16-7-9-17(10-8-16)20-15(4)29-23(24-20)25-21(26)18-11-13(2)14(3)12-19(18)22(27)28/h5,7-10,18-19H,1,6,11-12H2,2-4H3,(H,27,28)(H,24,25,26)/t18-,19+/m1/s1. The van der Waals surface area contributed by atoms with Gasteiger partial charge < -0.3 is 10.4 Å². The molecule has 0 fully saturated rings. The molecular formula is C23H26N2O3S. The van der Waals surface area contributed by atoms with Gasteiger partial charge in [0.05, 0.1) is 17.5 Å². The average Bonchev–Trinajstić information content (AvgIpc) is 3.04. The van der Waals surface area contributed by atoms with Crippen molar-refractivity contribution in [1.29, 1.82) is 0 Å². The molecule has 5 nitrogen and oxygen atoms in total. The first kappa shape index (κ1) is 21.0. The lowest BCUT2D eigenvalue weighted by atomic mass is 9.76. The van der Waals surface area contributed by atoms with Gasteiger partial charge in [-0.15, -0.1) is 17.9 Å². The Kier molecular flexibility index (Phi) is 6.33. The molecule has 1 heterocycles. The molecule has 0 unspecified atom stereocenters. The Morgan fingerprint density at radius 1 is 1.17 bits per heavy atom. The van der Waals surface area contributed by atoms with E-state index in [0.29, 0.717) is 18.0 Å². The van der Waals surface area contributed by atoms with Gasteiger partial charge in [0.2, 0.25) is 5.91 Å². The lowest BCUT2D eigenvalue weighted by Crippen LogP contribution is -2.36. The molecule has 1 aliphatic rings. The maximum atomic E-state index is 12.9. The third-order valence-electron chi connectivity index (χ3n) is 5.55. The van der Waals surface area contributed by atoms with E-state index in [1.54, 1.807) is 0 Å². The molecule has 1 amide bonds. The zero-order valence-corrected chi connectivity index (χ0v) is 17.8. The summed E-state index contributed by atoms with van der Waals surface area (Å²) in [6.07, 6.45) is 3.57. The van der Waals surface area contributed by atoms with E-state index in [9.17, 15) is 14.7 Å². The van der Waals surface area contributed by atoms with Crippen molar-refractivity contribution >= 4 is 28.3 Å². The third-order valence-corrected chi connectivity index (χ3v) is 6.44. The number of amides is 1. The molecule has 1 aliphatic carbocycles. The molecular weight excluding hydrogens is 384 g/mol. The minimum absolute atomic E-state index is 0.272. The van der Waals surface area contributed by atoms with Crippen LogP contribution in [0.3, 0.4) is 0 Å². The highest BCUT2D eigenvalue weighted by atomic mass is 32.1. The number of aromatic nitrogens is 1. The Labute approximate surface area is 175 Å². The van der Waals surface area contributed by atoms with Crippen LogP contribution in [0.5, 0.6) is 0 Å². The Bertz CT molecular complexity index is 973. The van der Waals surface area contributed by atoms with Crippen LogP contribution in [0.2, 0.25) is 0 Å². The van der Waals surface area contributed by atoms with Crippen LogP contribution in [0.25, 0.3) is 11.3 Å². The van der Waals surface area contributed by atoms with Crippen molar-refractivity contribution in [3.8, 4) is 11.3 Å². The van der Waals surface area contributed by atoms with Crippen LogP contribution in [0.15, 0.2) is 48.1 Å². The van der Waals surface area contributed by atoms with Crippen molar-refractivity contribution in [3.63, 3.8) is 0 Å². The number of hydrogen-bond donors (Lipinski definition) is 2. The first-order chi connectivity index (χ1) is 13.8. The van der Waals surface area contributed by atoms with Crippen molar-refractivity contribution in [2.45, 2.75) is 40.0 Å². The Hall–Kier alpha value is -2.73. The number of rotatable bonds is 6. The van der Waals surface area contributed by atoms with Gasteiger partial charge in [0.25, 0.3) is 0 Å². The van der Waals surface area contributed by atoms with Crippen LogP contribution in [0.4, 0.5) is 5.13 Å². The predicted molar refractivity (Wildman–Crippen MR) is 117 cm³/mol. The molecule has 3 rings (SSSR count). The normalized spacial score (nSPS) is 19.1. The summed E-state index contributed by atoms with van der Waals surface area (Å²) in [6.45, 7) is 9.63. The molecule has 152 valence electrons. The zero-order valence-electron chi connectivity index (χ0n) is 17.0. The number of aryl methyl sites for hydroxylation is 1. The molecule has 2 atom stereocenters. The van der Waals surface area contributed by atoms with Crippen LogP contribution in [-0.4, -0.2) is 22.0 Å². The van der Waals surface area contributed by atoms with Gasteiger partial charge in [0, 0.05) is 10.4 Å². The number of carboxylic acids is 1. The highest BCUT2D eigenvalue weighted by molar-refractivity contribution is 7.16. The molecule has 0 aliphatic heterocycles. The number of nitrogens with one attached hydrogen (secondary N) is 1. The fraction of sp³-hybridized carbons (Fsp3) is 0.348. The van der Waals surface area contributed by atoms with Gasteiger partial charge in [-0.3, -0.25) is 9.59 Å². The van der Waals surface area contributed by atoms with E-state index in [1.165, 1.54) is 16.9 Å². The Balaban J connectivity index is 1.78. The van der Waals surface area contributed by atoms with Gasteiger partial charge in [-0.2, -0.15) is 0 Å². The summed E-state index contributed by atoms with van der Waals surface area (Å²) < 4.78 is 0. The maximum Gasteiger partial charge on any atom is 0.307 e. The molecule has 2 N–H and O–H groups in total. The minimum Gasteiger partial charge on any atom is -0.481 e. The fourth-order valence-electron chi connectivity index (χ4n) is 3.71. The van der Waals surface area contributed by atoms with E-state index >= 15 is 0 Å². The van der Waals surface area contributed by atoms with E-state index in [0.717, 1.165) is 33.7 Å². The lowest BCUT2D eigenvalue weighted by molar-refractivity contribution is -0.146. The van der Waals surface area contributed by atoms with E-state index in [4.69, 9.17) is 0 Å². The van der Waals surface area contributed by atoms with E-state index < -0.39 is 17.8 Å². The number of nitrogens with zero attached hydrogens (tertiary/aromatic N) is 1. The number of thiazole rings is 1. The summed E-state index contributed by atoms with van der Waals surface area (Å²) in [7, 11) is 0. The van der Waals surface area contributed by atoms with Crippen molar-refractivity contribution in [1.82, 2.24) is 4.98 Å². The Morgan fingerprint density at radius 2 is 1.79 bits per heavy atom. The SMILES string of the molecule is C=CCc1ccc(-c2nc(NC(=O)[C@@H]3CC(C)=C(C)C[C@@H]3C(=O)O)sc2C)cc1. The summed E-state index contributed by atoms with van der Waals surface area (Å²) in [5.74, 6) is -2.47. The number of carbonyl (C=O) groups excluding carboxylic acids is 1. The van der Waals surface area contributed by atoms with Crippen molar-refractivity contribution in [3.05, 3.63) is 58.5 Å². The number of benzene rings is 1. The van der Waals surface area contributed by atoms with Gasteiger partial charge in [-0.1, -0.05) is 41.5 Å². The number of aliphatic carboxylic acids is 1. The van der Waals surface area contributed by atoms with Crippen molar-refractivity contribution in [2.24, 2.45) is 11.8 Å². The molecule has 0 radical (unpaired) electrons. The first-order valence-electron chi connectivity index (χ1n) is 9.66. The second-order valence-electron chi connectivity index (χ2n) is 7.62. The minimum atomic E-state index is -0.923. The third kappa shape index (κ3) is 4.65. The monoisotopic (exact) mass is 410 g/mol. The maximum absolute atomic E-state index is 12.9. The molecule has 6 heteroatoms. The average molecular weight is 411 g/mol. The lowest BCUT2D eigenvalue weighted by Gasteiger charge is -2.29. The summed E-state index contributed by atoms with van der Waals surface area (Å²) in [4.78, 5) is 30.1. The molecule has 1 aromatic heterocycles. The molecule has 0 spiro atoms. The number of anilines is 1. The van der Waals surface area contributed by atoms with Gasteiger partial charge in [-0.25, -0.2) is 4.98 Å². The quantitative estimate of drug-likeness (QED) is 0.639. The molecule has 29 heavy (non-hydrogen) atoms. The first-order valence-corrected chi connectivity index (χ1v) is 10.5. The number of carboxylic acid groups (broad SMARTS) is 1. The number of carbonyl (C=O) groups is 2. The molecule has 0 saturated carbocycles. The van der Waals surface area contributed by atoms with Crippen molar-refractivity contribution < 1.29 is 14.7 Å². The van der Waals surface area contributed by atoms with Crippen LogP contribution < -0.4 is 5.32 Å². The van der Waals surface area contributed by atoms with Gasteiger partial charge in [-0.05, 0) is 45.6 Å². The highest BCUT2D eigenvalue weighted by Crippen LogP contribution is 2.36. The fourth-order valence-corrected chi connectivity index (χ4v) is 4.55. The predicted octanol–water partition coefficient (Wildman–Crippen LogP) is 5.23. The topological polar surface area (TPSA) is 79.3 Å². The van der Waals surface area contributed by atoms with Crippen molar-refractivity contribution in [2.75, 3.05) is 5.32 Å². The molecule has 0 saturated heterocycles. The smallest absolute Gasteiger partial charge is 0.307 e. The largest absolute Gasteiger partial charge is 0.481 e. The second kappa shape index (κ2) is 8.74.